The van der Waals surface area contributed by atoms with Crippen LogP contribution in [0.4, 0.5) is 10.3 Å². The molecule has 0 amide bonds. The monoisotopic (exact) mass is 405 g/mol. The number of halogens is 1. The molecule has 0 spiro atoms. The second-order valence-electron chi connectivity index (χ2n) is 7.36. The SMILES string of the molecule is CCCc1nc2c(nc1NF)CCc1ccccc1-2.O=CCCCc1ccccc1. The minimum absolute atomic E-state index is 0.278. The molecule has 0 aliphatic heterocycles. The summed E-state index contributed by atoms with van der Waals surface area (Å²) in [7, 11) is 0. The van der Waals surface area contributed by atoms with Crippen LogP contribution in [0.1, 0.15) is 48.7 Å². The lowest BCUT2D eigenvalue weighted by molar-refractivity contribution is -0.107. The molecule has 1 N–H and O–H groups in total. The molecular formula is C25H28FN3O. The first-order chi connectivity index (χ1) is 14.8. The Kier molecular flexibility index (Phi) is 8.07. The Morgan fingerprint density at radius 3 is 2.50 bits per heavy atom. The molecule has 4 nitrogen and oxygen atoms in total. The molecule has 30 heavy (non-hydrogen) atoms. The van der Waals surface area contributed by atoms with Crippen LogP contribution >= 0.6 is 0 Å². The number of unbranched alkanes of at least 4 members (excludes halogenated alkanes) is 1. The number of anilines is 1. The zero-order chi connectivity index (χ0) is 21.2. The molecule has 0 radical (unpaired) electrons. The van der Waals surface area contributed by atoms with Gasteiger partial charge in [-0.05, 0) is 43.2 Å². The molecule has 0 unspecified atom stereocenters. The van der Waals surface area contributed by atoms with Gasteiger partial charge in [-0.25, -0.2) is 15.5 Å². The summed E-state index contributed by atoms with van der Waals surface area (Å²) in [5, 5.41) is 0. The van der Waals surface area contributed by atoms with E-state index in [1.165, 1.54) is 11.1 Å². The molecule has 1 heterocycles. The summed E-state index contributed by atoms with van der Waals surface area (Å²) in [5.41, 5.74) is 7.95. The van der Waals surface area contributed by atoms with Crippen molar-refractivity contribution in [2.75, 3.05) is 5.54 Å². The van der Waals surface area contributed by atoms with E-state index in [1.807, 2.05) is 30.3 Å². The van der Waals surface area contributed by atoms with Crippen molar-refractivity contribution in [2.24, 2.45) is 0 Å². The van der Waals surface area contributed by atoms with E-state index in [9.17, 15) is 9.28 Å². The maximum absolute atomic E-state index is 12.8. The Morgan fingerprint density at radius 2 is 1.77 bits per heavy atom. The number of benzene rings is 2. The highest BCUT2D eigenvalue weighted by molar-refractivity contribution is 5.69. The topological polar surface area (TPSA) is 54.9 Å². The molecule has 0 saturated heterocycles. The maximum atomic E-state index is 12.8. The second kappa shape index (κ2) is 11.2. The van der Waals surface area contributed by atoms with Gasteiger partial charge >= 0.3 is 0 Å². The van der Waals surface area contributed by atoms with Gasteiger partial charge in [0.2, 0.25) is 0 Å². The number of carbonyl (C=O) groups is 1. The predicted molar refractivity (Wildman–Crippen MR) is 119 cm³/mol. The van der Waals surface area contributed by atoms with Crippen LogP contribution in [0.15, 0.2) is 54.6 Å². The number of carbonyl (C=O) groups excluding carboxylic acids is 1. The molecule has 0 saturated carbocycles. The molecule has 0 atom stereocenters. The third-order valence-electron chi connectivity index (χ3n) is 5.15. The van der Waals surface area contributed by atoms with Crippen molar-refractivity contribution in [1.29, 1.82) is 0 Å². The minimum atomic E-state index is 0.278. The zero-order valence-electron chi connectivity index (χ0n) is 17.4. The lowest BCUT2D eigenvalue weighted by Crippen LogP contribution is -2.11. The van der Waals surface area contributed by atoms with Crippen molar-refractivity contribution >= 4 is 12.1 Å². The molecule has 4 rings (SSSR count). The number of nitrogens with one attached hydrogen (secondary N) is 1. The quantitative estimate of drug-likeness (QED) is 0.311. The molecule has 5 heteroatoms. The fraction of sp³-hybridized carbons (Fsp3) is 0.320. The average molecular weight is 406 g/mol. The van der Waals surface area contributed by atoms with E-state index in [-0.39, 0.29) is 5.82 Å². The molecule has 0 fully saturated rings. The number of rotatable bonds is 7. The Bertz CT molecular complexity index is 960. The predicted octanol–water partition coefficient (Wildman–Crippen LogP) is 5.70. The summed E-state index contributed by atoms with van der Waals surface area (Å²) in [6.07, 6.45) is 7.04. The highest BCUT2D eigenvalue weighted by Crippen LogP contribution is 2.32. The first-order valence-electron chi connectivity index (χ1n) is 10.6. The normalized spacial score (nSPS) is 11.5. The van der Waals surface area contributed by atoms with Crippen LogP contribution in [-0.2, 0) is 30.5 Å². The number of aromatic nitrogens is 2. The first kappa shape index (κ1) is 21.6. The molecule has 0 bridgehead atoms. The lowest BCUT2D eigenvalue weighted by Gasteiger charge is -2.19. The zero-order valence-corrected chi connectivity index (χ0v) is 17.4. The van der Waals surface area contributed by atoms with Crippen molar-refractivity contribution < 1.29 is 9.28 Å². The van der Waals surface area contributed by atoms with E-state index in [0.717, 1.165) is 61.8 Å². The molecule has 1 aromatic heterocycles. The van der Waals surface area contributed by atoms with Crippen LogP contribution in [0.5, 0.6) is 0 Å². The van der Waals surface area contributed by atoms with E-state index in [1.54, 1.807) is 5.54 Å². The van der Waals surface area contributed by atoms with E-state index < -0.39 is 0 Å². The van der Waals surface area contributed by atoms with Gasteiger partial charge in [0, 0.05) is 12.0 Å². The number of hydrogen-bond donors (Lipinski definition) is 1. The van der Waals surface area contributed by atoms with Gasteiger partial charge in [0.1, 0.15) is 6.29 Å². The van der Waals surface area contributed by atoms with E-state index in [0.29, 0.717) is 12.1 Å². The van der Waals surface area contributed by atoms with Crippen LogP contribution in [0.2, 0.25) is 0 Å². The van der Waals surface area contributed by atoms with Crippen LogP contribution in [0.3, 0.4) is 0 Å². The summed E-state index contributed by atoms with van der Waals surface area (Å²) in [6.45, 7) is 2.05. The Hall–Kier alpha value is -3.08. The number of fused-ring (bicyclic) bond motifs is 3. The van der Waals surface area contributed by atoms with Gasteiger partial charge in [0.25, 0.3) is 0 Å². The van der Waals surface area contributed by atoms with Crippen LogP contribution in [-0.4, -0.2) is 16.3 Å². The fourth-order valence-electron chi connectivity index (χ4n) is 3.64. The van der Waals surface area contributed by atoms with Crippen molar-refractivity contribution in [3.05, 3.63) is 77.1 Å². The molecule has 1 aliphatic carbocycles. The number of hydrogen-bond acceptors (Lipinski definition) is 4. The Balaban J connectivity index is 0.000000199. The third kappa shape index (κ3) is 5.50. The summed E-state index contributed by atoms with van der Waals surface area (Å²) in [6, 6.07) is 18.5. The van der Waals surface area contributed by atoms with Gasteiger partial charge in [-0.2, -0.15) is 0 Å². The fourth-order valence-corrected chi connectivity index (χ4v) is 3.64. The van der Waals surface area contributed by atoms with Crippen molar-refractivity contribution in [1.82, 2.24) is 9.97 Å². The standard InChI is InChI=1S/C15H16FN3.C10H12O/c1-2-5-13-15(19-16)18-12-9-8-10-6-3-4-7-11(10)14(12)17-13;11-9-5-4-8-10-6-2-1-3-7-10/h3-4,6-7H,2,5,8-9H2,1H3,(H,18,19);1-3,6-7,9H,4-5,8H2. The van der Waals surface area contributed by atoms with Crippen molar-refractivity contribution in [2.45, 2.75) is 51.9 Å². The molecule has 1 aliphatic rings. The van der Waals surface area contributed by atoms with Gasteiger partial charge in [-0.15, -0.1) is 4.48 Å². The first-order valence-corrected chi connectivity index (χ1v) is 10.6. The summed E-state index contributed by atoms with van der Waals surface area (Å²) >= 11 is 0. The largest absolute Gasteiger partial charge is 0.303 e. The van der Waals surface area contributed by atoms with Gasteiger partial charge in [-0.3, -0.25) is 0 Å². The summed E-state index contributed by atoms with van der Waals surface area (Å²) in [4.78, 5) is 19.0. The molecule has 2 aromatic carbocycles. The molecule has 3 aromatic rings. The number of aryl methyl sites for hydroxylation is 4. The number of nitrogens with zero attached hydrogens (tertiary/aromatic N) is 2. The van der Waals surface area contributed by atoms with E-state index in [4.69, 9.17) is 0 Å². The minimum Gasteiger partial charge on any atom is -0.303 e. The number of aldehydes is 1. The van der Waals surface area contributed by atoms with E-state index in [2.05, 4.69) is 41.2 Å². The van der Waals surface area contributed by atoms with E-state index >= 15 is 0 Å². The highest BCUT2D eigenvalue weighted by atomic mass is 19.2. The molecular weight excluding hydrogens is 377 g/mol. The van der Waals surface area contributed by atoms with Gasteiger partial charge < -0.3 is 4.79 Å². The smallest absolute Gasteiger partial charge is 0.176 e. The second-order valence-corrected chi connectivity index (χ2v) is 7.36. The Morgan fingerprint density at radius 1 is 1.00 bits per heavy atom. The maximum Gasteiger partial charge on any atom is 0.176 e. The highest BCUT2D eigenvalue weighted by Gasteiger charge is 2.20. The molecule has 156 valence electrons. The van der Waals surface area contributed by atoms with Gasteiger partial charge in [0.15, 0.2) is 5.82 Å². The van der Waals surface area contributed by atoms with Crippen LogP contribution in [0.25, 0.3) is 11.3 Å². The average Bonchev–Trinajstić information content (AvgIpc) is 2.80. The van der Waals surface area contributed by atoms with Gasteiger partial charge in [-0.1, -0.05) is 67.9 Å². The summed E-state index contributed by atoms with van der Waals surface area (Å²) < 4.78 is 12.8. The van der Waals surface area contributed by atoms with Crippen molar-refractivity contribution in [3.8, 4) is 11.3 Å². The van der Waals surface area contributed by atoms with Gasteiger partial charge in [0.05, 0.1) is 17.1 Å². The third-order valence-corrected chi connectivity index (χ3v) is 5.15. The van der Waals surface area contributed by atoms with Crippen molar-refractivity contribution in [3.63, 3.8) is 0 Å². The Labute approximate surface area is 177 Å². The summed E-state index contributed by atoms with van der Waals surface area (Å²) in [5.74, 6) is 0.278. The van der Waals surface area contributed by atoms with Crippen LogP contribution in [0, 0.1) is 0 Å². The van der Waals surface area contributed by atoms with Crippen LogP contribution < -0.4 is 5.54 Å². The lowest BCUT2D eigenvalue weighted by atomic mass is 9.92.